The number of aromatic nitrogens is 2. The highest BCUT2D eigenvalue weighted by molar-refractivity contribution is 7.92. The van der Waals surface area contributed by atoms with Crippen molar-refractivity contribution in [2.24, 2.45) is 14.1 Å². The summed E-state index contributed by atoms with van der Waals surface area (Å²) in [6.07, 6.45) is 0.966. The molecule has 0 atom stereocenters. The number of nitrogens with zero attached hydrogens (tertiary/aromatic N) is 2. The lowest BCUT2D eigenvalue weighted by Gasteiger charge is -2.10. The van der Waals surface area contributed by atoms with Gasteiger partial charge in [-0.25, -0.2) is 13.2 Å². The number of nitrogens with one attached hydrogen (secondary N) is 1. The first kappa shape index (κ1) is 14.9. The van der Waals surface area contributed by atoms with Crippen molar-refractivity contribution in [3.63, 3.8) is 0 Å². The van der Waals surface area contributed by atoms with E-state index in [1.54, 1.807) is 0 Å². The molecule has 0 amide bonds. The molecule has 0 saturated carbocycles. The van der Waals surface area contributed by atoms with E-state index < -0.39 is 26.2 Å². The summed E-state index contributed by atoms with van der Waals surface area (Å²) in [6, 6.07) is 5.30. The Hall–Kier alpha value is -2.55. The Balaban J connectivity index is 2.53. The molecule has 1 aromatic carbocycles. The lowest BCUT2D eigenvalue weighted by atomic mass is 10.3. The molecule has 112 valence electrons. The van der Waals surface area contributed by atoms with Crippen molar-refractivity contribution >= 4 is 15.7 Å². The van der Waals surface area contributed by atoms with E-state index in [1.165, 1.54) is 38.4 Å². The number of phenols is 1. The van der Waals surface area contributed by atoms with Crippen molar-refractivity contribution in [1.82, 2.24) is 9.13 Å². The van der Waals surface area contributed by atoms with Crippen LogP contribution in [-0.4, -0.2) is 22.7 Å². The second-order valence-corrected chi connectivity index (χ2v) is 6.05. The molecule has 1 heterocycles. The van der Waals surface area contributed by atoms with Crippen LogP contribution in [0.4, 0.5) is 5.69 Å². The van der Waals surface area contributed by atoms with E-state index in [0.29, 0.717) is 4.57 Å². The van der Waals surface area contributed by atoms with Gasteiger partial charge in [-0.2, -0.15) is 0 Å². The minimum absolute atomic E-state index is 0.0176. The van der Waals surface area contributed by atoms with Crippen molar-refractivity contribution in [2.75, 3.05) is 4.72 Å². The molecule has 0 aliphatic carbocycles. The van der Waals surface area contributed by atoms with Gasteiger partial charge in [-0.15, -0.1) is 0 Å². The van der Waals surface area contributed by atoms with Gasteiger partial charge in [0.05, 0.1) is 0 Å². The predicted molar refractivity (Wildman–Crippen MR) is 75.8 cm³/mol. The molecule has 0 radical (unpaired) electrons. The topological polar surface area (TPSA) is 110 Å². The van der Waals surface area contributed by atoms with Gasteiger partial charge in [0.25, 0.3) is 15.6 Å². The SMILES string of the molecule is Cn1cc(S(=O)(=O)Nc2ccc(O)cc2)c(=O)n(C)c1=O. The number of aromatic hydroxyl groups is 1. The number of phenolic OH excluding ortho intramolecular Hbond substituents is 1. The number of hydrogen-bond acceptors (Lipinski definition) is 5. The van der Waals surface area contributed by atoms with E-state index >= 15 is 0 Å². The van der Waals surface area contributed by atoms with Crippen LogP contribution in [0.3, 0.4) is 0 Å². The fraction of sp³-hybridized carbons (Fsp3) is 0.167. The maximum absolute atomic E-state index is 12.2. The number of sulfonamides is 1. The van der Waals surface area contributed by atoms with Gasteiger partial charge in [-0.1, -0.05) is 0 Å². The fourth-order valence-corrected chi connectivity index (χ4v) is 2.92. The molecule has 2 aromatic rings. The van der Waals surface area contributed by atoms with E-state index in [-0.39, 0.29) is 11.4 Å². The zero-order valence-corrected chi connectivity index (χ0v) is 12.1. The maximum atomic E-state index is 12.2. The number of rotatable bonds is 3. The molecule has 2 rings (SSSR count). The Kier molecular flexibility index (Phi) is 3.60. The molecular weight excluding hydrogens is 298 g/mol. The number of aryl methyl sites for hydroxylation is 1. The minimum atomic E-state index is -4.14. The first-order valence-corrected chi connectivity index (χ1v) is 7.29. The zero-order chi connectivity index (χ0) is 15.8. The van der Waals surface area contributed by atoms with E-state index in [4.69, 9.17) is 5.11 Å². The molecular formula is C12H13N3O5S. The van der Waals surface area contributed by atoms with Crippen LogP contribution in [0.2, 0.25) is 0 Å². The third-order valence-electron chi connectivity index (χ3n) is 2.82. The van der Waals surface area contributed by atoms with E-state index in [0.717, 1.165) is 10.8 Å². The van der Waals surface area contributed by atoms with Crippen LogP contribution in [0.15, 0.2) is 44.9 Å². The summed E-state index contributed by atoms with van der Waals surface area (Å²) in [5.74, 6) is -0.0176. The third kappa shape index (κ3) is 2.82. The smallest absolute Gasteiger partial charge is 0.330 e. The molecule has 0 bridgehead atoms. The van der Waals surface area contributed by atoms with Crippen LogP contribution in [0.25, 0.3) is 0 Å². The largest absolute Gasteiger partial charge is 0.508 e. The summed E-state index contributed by atoms with van der Waals surface area (Å²) >= 11 is 0. The monoisotopic (exact) mass is 311 g/mol. The predicted octanol–water partition coefficient (Wildman–Crippen LogP) is -0.410. The van der Waals surface area contributed by atoms with Gasteiger partial charge in [0.2, 0.25) is 0 Å². The highest BCUT2D eigenvalue weighted by Gasteiger charge is 2.21. The van der Waals surface area contributed by atoms with Gasteiger partial charge in [0.1, 0.15) is 5.75 Å². The van der Waals surface area contributed by atoms with Crippen molar-refractivity contribution in [1.29, 1.82) is 0 Å². The van der Waals surface area contributed by atoms with Crippen LogP contribution in [-0.2, 0) is 24.1 Å². The average Bonchev–Trinajstić information content (AvgIpc) is 2.42. The van der Waals surface area contributed by atoms with Gasteiger partial charge >= 0.3 is 5.69 Å². The Morgan fingerprint density at radius 2 is 1.67 bits per heavy atom. The average molecular weight is 311 g/mol. The second kappa shape index (κ2) is 5.09. The Morgan fingerprint density at radius 3 is 2.24 bits per heavy atom. The Labute approximate surface area is 120 Å². The van der Waals surface area contributed by atoms with Gasteiger partial charge in [0.15, 0.2) is 4.90 Å². The number of hydrogen-bond donors (Lipinski definition) is 2. The minimum Gasteiger partial charge on any atom is -0.508 e. The van der Waals surface area contributed by atoms with Gasteiger partial charge in [-0.3, -0.25) is 14.1 Å². The summed E-state index contributed by atoms with van der Waals surface area (Å²) in [7, 11) is -1.60. The second-order valence-electron chi connectivity index (χ2n) is 4.40. The molecule has 8 nitrogen and oxygen atoms in total. The normalized spacial score (nSPS) is 11.3. The van der Waals surface area contributed by atoms with E-state index in [9.17, 15) is 18.0 Å². The van der Waals surface area contributed by atoms with E-state index in [2.05, 4.69) is 4.72 Å². The van der Waals surface area contributed by atoms with Gasteiger partial charge in [-0.05, 0) is 24.3 Å². The first-order chi connectivity index (χ1) is 9.72. The highest BCUT2D eigenvalue weighted by atomic mass is 32.2. The molecule has 0 spiro atoms. The zero-order valence-electron chi connectivity index (χ0n) is 11.3. The molecule has 0 unspecified atom stereocenters. The number of benzene rings is 1. The van der Waals surface area contributed by atoms with Crippen molar-refractivity contribution in [2.45, 2.75) is 4.90 Å². The lowest BCUT2D eigenvalue weighted by Crippen LogP contribution is -2.40. The molecule has 0 fully saturated rings. The molecule has 0 aliphatic rings. The van der Waals surface area contributed by atoms with Crippen LogP contribution in [0.5, 0.6) is 5.75 Å². The molecule has 0 saturated heterocycles. The van der Waals surface area contributed by atoms with Crippen LogP contribution in [0.1, 0.15) is 0 Å². The highest BCUT2D eigenvalue weighted by Crippen LogP contribution is 2.16. The van der Waals surface area contributed by atoms with Crippen molar-refractivity contribution in [3.05, 3.63) is 51.3 Å². The van der Waals surface area contributed by atoms with Crippen molar-refractivity contribution < 1.29 is 13.5 Å². The quantitative estimate of drug-likeness (QED) is 0.749. The summed E-state index contributed by atoms with van der Waals surface area (Å²) in [4.78, 5) is 22.9. The van der Waals surface area contributed by atoms with Gasteiger partial charge < -0.3 is 9.67 Å². The molecule has 2 N–H and O–H groups in total. The molecule has 1 aromatic heterocycles. The maximum Gasteiger partial charge on any atom is 0.330 e. The summed E-state index contributed by atoms with van der Waals surface area (Å²) in [5, 5.41) is 9.15. The number of anilines is 1. The summed E-state index contributed by atoms with van der Waals surface area (Å²) in [6.45, 7) is 0. The first-order valence-electron chi connectivity index (χ1n) is 5.81. The summed E-state index contributed by atoms with van der Waals surface area (Å²) < 4.78 is 28.4. The van der Waals surface area contributed by atoms with Crippen LogP contribution >= 0.6 is 0 Å². The molecule has 9 heteroatoms. The fourth-order valence-electron chi connectivity index (χ4n) is 1.70. The Bertz CT molecular complexity index is 894. The van der Waals surface area contributed by atoms with Crippen LogP contribution < -0.4 is 16.0 Å². The van der Waals surface area contributed by atoms with Gasteiger partial charge in [0, 0.05) is 26.0 Å². The Morgan fingerprint density at radius 1 is 1.10 bits per heavy atom. The standard InChI is InChI=1S/C12H13N3O5S/c1-14-7-10(11(17)15(2)12(14)18)21(19,20)13-8-3-5-9(16)6-4-8/h3-7,13,16H,1-2H3. The molecule has 0 aliphatic heterocycles. The third-order valence-corrected chi connectivity index (χ3v) is 4.19. The van der Waals surface area contributed by atoms with E-state index in [1.807, 2.05) is 0 Å². The van der Waals surface area contributed by atoms with Crippen LogP contribution in [0, 0.1) is 0 Å². The lowest BCUT2D eigenvalue weighted by molar-refractivity contribution is 0.475. The summed E-state index contributed by atoms with van der Waals surface area (Å²) in [5.41, 5.74) is -1.35. The van der Waals surface area contributed by atoms with Crippen molar-refractivity contribution in [3.8, 4) is 5.75 Å². The molecule has 21 heavy (non-hydrogen) atoms.